The molecule has 0 aliphatic carbocycles. The number of aromatic nitrogens is 3. The van der Waals surface area contributed by atoms with Gasteiger partial charge in [0.2, 0.25) is 0 Å². The van der Waals surface area contributed by atoms with E-state index in [0.717, 1.165) is 45.0 Å². The van der Waals surface area contributed by atoms with Gasteiger partial charge >= 0.3 is 0 Å². The average Bonchev–Trinajstić information content (AvgIpc) is 3.63. The maximum atomic E-state index is 5.08. The van der Waals surface area contributed by atoms with Crippen molar-refractivity contribution >= 4 is 53.3 Å². The van der Waals surface area contributed by atoms with Gasteiger partial charge in [-0.05, 0) is 54.1 Å². The first-order chi connectivity index (χ1) is 21.8. The van der Waals surface area contributed by atoms with Crippen molar-refractivity contribution in [1.29, 1.82) is 0 Å². The Balaban J connectivity index is 1.21. The van der Waals surface area contributed by atoms with Gasteiger partial charge in [0.25, 0.3) is 0 Å². The van der Waals surface area contributed by atoms with Gasteiger partial charge in [-0.1, -0.05) is 97.1 Å². The van der Waals surface area contributed by atoms with Gasteiger partial charge in [-0.15, -0.1) is 11.3 Å². The molecule has 4 heteroatoms. The molecular formula is C40H25N3S. The number of rotatable bonds is 4. The summed E-state index contributed by atoms with van der Waals surface area (Å²) in [5, 5.41) is 5.08. The Morgan fingerprint density at radius 1 is 0.432 bits per heavy atom. The Hall–Kier alpha value is -5.58. The molecule has 9 rings (SSSR count). The quantitative estimate of drug-likeness (QED) is 0.208. The molecule has 0 bridgehead atoms. The van der Waals surface area contributed by atoms with Crippen LogP contribution in [0.15, 0.2) is 152 Å². The van der Waals surface area contributed by atoms with Crippen LogP contribution >= 0.6 is 11.3 Å². The molecule has 206 valence electrons. The predicted octanol–water partition coefficient (Wildman–Crippen LogP) is 10.9. The number of hydrogen-bond acceptors (Lipinski definition) is 3. The number of thiophene rings is 1. The highest BCUT2D eigenvalue weighted by Crippen LogP contribution is 2.40. The lowest BCUT2D eigenvalue weighted by molar-refractivity contribution is 1.08. The minimum Gasteiger partial charge on any atom is -0.294 e. The van der Waals surface area contributed by atoms with Crippen LogP contribution in [0.25, 0.3) is 81.4 Å². The second kappa shape index (κ2) is 10.0. The highest BCUT2D eigenvalue weighted by Gasteiger charge is 2.16. The normalized spacial score (nSPS) is 11.6. The minimum absolute atomic E-state index is 0.902. The average molecular weight is 580 g/mol. The molecule has 9 aromatic rings. The van der Waals surface area contributed by atoms with Crippen LogP contribution in [-0.4, -0.2) is 14.5 Å². The number of para-hydroxylation sites is 1. The Kier molecular flexibility index (Phi) is 5.68. The molecule has 44 heavy (non-hydrogen) atoms. The van der Waals surface area contributed by atoms with E-state index in [1.54, 1.807) is 0 Å². The molecule has 0 atom stereocenters. The molecule has 0 N–H and O–H groups in total. The summed E-state index contributed by atoms with van der Waals surface area (Å²) in [4.78, 5) is 10.1. The molecule has 0 saturated carbocycles. The molecule has 4 heterocycles. The number of nitrogens with zero attached hydrogens (tertiary/aromatic N) is 3. The van der Waals surface area contributed by atoms with Crippen LogP contribution in [0.5, 0.6) is 0 Å². The Morgan fingerprint density at radius 2 is 1.09 bits per heavy atom. The summed E-state index contributed by atoms with van der Waals surface area (Å²) in [6, 6.07) is 51.4. The molecule has 0 saturated heterocycles. The molecule has 4 aromatic heterocycles. The number of fused-ring (bicyclic) bond motifs is 6. The molecule has 0 fully saturated rings. The topological polar surface area (TPSA) is 30.7 Å². The van der Waals surface area contributed by atoms with Crippen molar-refractivity contribution in [2.24, 2.45) is 0 Å². The van der Waals surface area contributed by atoms with Crippen LogP contribution in [0.2, 0.25) is 0 Å². The van der Waals surface area contributed by atoms with Crippen LogP contribution in [-0.2, 0) is 0 Å². The fourth-order valence-electron chi connectivity index (χ4n) is 6.33. The van der Waals surface area contributed by atoms with Gasteiger partial charge in [0.15, 0.2) is 0 Å². The Labute approximate surface area is 258 Å². The van der Waals surface area contributed by atoms with E-state index in [1.165, 1.54) is 36.5 Å². The predicted molar refractivity (Wildman–Crippen MR) is 186 cm³/mol. The van der Waals surface area contributed by atoms with Gasteiger partial charge in [-0.3, -0.25) is 4.57 Å². The van der Waals surface area contributed by atoms with E-state index >= 15 is 0 Å². The summed E-state index contributed by atoms with van der Waals surface area (Å²) in [5.74, 6) is 0.902. The summed E-state index contributed by atoms with van der Waals surface area (Å²) in [7, 11) is 0. The molecule has 0 aliphatic rings. The van der Waals surface area contributed by atoms with E-state index in [9.17, 15) is 0 Å². The summed E-state index contributed by atoms with van der Waals surface area (Å²) < 4.78 is 4.93. The van der Waals surface area contributed by atoms with Gasteiger partial charge in [-0.2, -0.15) is 0 Å². The SMILES string of the molecule is c1ccc(-c2cc(-c3ccc(-n4c5ccccc5c5cc6sc7ccccc7c6cc54)nc3)cc(-c3ccccc3)n2)cc1. The van der Waals surface area contributed by atoms with Crippen LogP contribution in [0.3, 0.4) is 0 Å². The lowest BCUT2D eigenvalue weighted by Gasteiger charge is -2.11. The lowest BCUT2D eigenvalue weighted by atomic mass is 10.0. The zero-order valence-corrected chi connectivity index (χ0v) is 24.5. The molecule has 3 nitrogen and oxygen atoms in total. The molecular weight excluding hydrogens is 555 g/mol. The van der Waals surface area contributed by atoms with Crippen molar-refractivity contribution in [2.45, 2.75) is 0 Å². The van der Waals surface area contributed by atoms with Gasteiger partial charge < -0.3 is 0 Å². The van der Waals surface area contributed by atoms with Crippen LogP contribution < -0.4 is 0 Å². The molecule has 0 unspecified atom stereocenters. The standard InChI is InChI=1S/C40H25N3S/c1-3-11-26(12-4-1)34-21-29(22-35(42-34)27-13-5-2-6-14-27)28-19-20-40(41-25-28)43-36-17-9-7-15-30(36)32-24-39-33(23-37(32)43)31-16-8-10-18-38(31)44-39/h1-25H. The van der Waals surface area contributed by atoms with Crippen molar-refractivity contribution in [2.75, 3.05) is 0 Å². The monoisotopic (exact) mass is 579 g/mol. The third-order valence-corrected chi connectivity index (χ3v) is 9.58. The molecule has 0 aliphatic heterocycles. The molecule has 0 amide bonds. The highest BCUT2D eigenvalue weighted by molar-refractivity contribution is 7.25. The molecule has 0 spiro atoms. The van der Waals surface area contributed by atoms with Crippen LogP contribution in [0.1, 0.15) is 0 Å². The van der Waals surface area contributed by atoms with Crippen LogP contribution in [0.4, 0.5) is 0 Å². The second-order valence-corrected chi connectivity index (χ2v) is 12.2. The smallest absolute Gasteiger partial charge is 0.137 e. The van der Waals surface area contributed by atoms with E-state index in [1.807, 2.05) is 29.7 Å². The van der Waals surface area contributed by atoms with Crippen molar-refractivity contribution in [3.05, 3.63) is 152 Å². The fourth-order valence-corrected chi connectivity index (χ4v) is 7.46. The number of benzene rings is 5. The van der Waals surface area contributed by atoms with Crippen molar-refractivity contribution in [3.63, 3.8) is 0 Å². The summed E-state index contributed by atoms with van der Waals surface area (Å²) in [6.07, 6.45) is 1.99. The van der Waals surface area contributed by atoms with Crippen molar-refractivity contribution < 1.29 is 0 Å². The Morgan fingerprint density at radius 3 is 1.80 bits per heavy atom. The van der Waals surface area contributed by atoms with E-state index in [-0.39, 0.29) is 0 Å². The zero-order chi connectivity index (χ0) is 29.0. The summed E-state index contributed by atoms with van der Waals surface area (Å²) in [6.45, 7) is 0. The van der Waals surface area contributed by atoms with E-state index in [4.69, 9.17) is 9.97 Å². The third-order valence-electron chi connectivity index (χ3n) is 8.45. The lowest BCUT2D eigenvalue weighted by Crippen LogP contribution is -1.97. The van der Waals surface area contributed by atoms with E-state index in [2.05, 4.69) is 138 Å². The second-order valence-electron chi connectivity index (χ2n) is 11.1. The maximum Gasteiger partial charge on any atom is 0.137 e. The third kappa shape index (κ3) is 4.03. The Bertz CT molecular complexity index is 2420. The van der Waals surface area contributed by atoms with E-state index < -0.39 is 0 Å². The summed E-state index contributed by atoms with van der Waals surface area (Å²) in [5.41, 5.74) is 8.54. The first-order valence-electron chi connectivity index (χ1n) is 14.7. The first-order valence-corrected chi connectivity index (χ1v) is 15.6. The van der Waals surface area contributed by atoms with E-state index in [0.29, 0.717) is 0 Å². The van der Waals surface area contributed by atoms with Gasteiger partial charge in [-0.25, -0.2) is 9.97 Å². The number of pyridine rings is 2. The fraction of sp³-hybridized carbons (Fsp3) is 0. The number of hydrogen-bond donors (Lipinski definition) is 0. The molecule has 0 radical (unpaired) electrons. The summed E-state index contributed by atoms with van der Waals surface area (Å²) >= 11 is 1.86. The van der Waals surface area contributed by atoms with Gasteiger partial charge in [0.1, 0.15) is 5.82 Å². The first kappa shape index (κ1) is 25.0. The van der Waals surface area contributed by atoms with Crippen molar-refractivity contribution in [3.8, 4) is 39.5 Å². The molecule has 5 aromatic carbocycles. The van der Waals surface area contributed by atoms with Gasteiger partial charge in [0.05, 0.1) is 22.4 Å². The zero-order valence-electron chi connectivity index (χ0n) is 23.7. The van der Waals surface area contributed by atoms with Crippen molar-refractivity contribution in [1.82, 2.24) is 14.5 Å². The largest absolute Gasteiger partial charge is 0.294 e. The maximum absolute atomic E-state index is 5.08. The highest BCUT2D eigenvalue weighted by atomic mass is 32.1. The minimum atomic E-state index is 0.902. The van der Waals surface area contributed by atoms with Gasteiger partial charge in [0, 0.05) is 53.8 Å². The van der Waals surface area contributed by atoms with Crippen LogP contribution in [0, 0.1) is 0 Å².